The summed E-state index contributed by atoms with van der Waals surface area (Å²) in [7, 11) is 0. The average Bonchev–Trinajstić information content (AvgIpc) is 1.52. The molecule has 0 amide bonds. The third-order valence-corrected chi connectivity index (χ3v) is 20.7. The second-order valence-electron chi connectivity index (χ2n) is 29.0. The van der Waals surface area contributed by atoms with Crippen molar-refractivity contribution in [1.82, 2.24) is 0 Å². The molecule has 0 fully saturated rings. The van der Waals surface area contributed by atoms with Crippen LogP contribution < -0.4 is 0 Å². The summed E-state index contributed by atoms with van der Waals surface area (Å²) < 4.78 is 0. The van der Waals surface area contributed by atoms with Crippen molar-refractivity contribution in [3.8, 4) is 44.5 Å². The zero-order chi connectivity index (χ0) is 68.4. The highest BCUT2D eigenvalue weighted by Crippen LogP contribution is 2.63. The number of aryl methyl sites for hydroxylation is 9. The van der Waals surface area contributed by atoms with E-state index in [1.165, 1.54) is 161 Å². The first-order chi connectivity index (χ1) is 46.6. The van der Waals surface area contributed by atoms with Gasteiger partial charge in [-0.25, -0.2) is 0 Å². The van der Waals surface area contributed by atoms with Crippen LogP contribution in [-0.2, 0) is 21.7 Å². The van der Waals surface area contributed by atoms with Gasteiger partial charge < -0.3 is 0 Å². The van der Waals surface area contributed by atoms with Crippen molar-refractivity contribution in [2.45, 2.75) is 126 Å². The Balaban J connectivity index is 0.000000117. The van der Waals surface area contributed by atoms with Gasteiger partial charge in [-0.2, -0.15) is 0 Å². The Morgan fingerprint density at radius 2 is 0.485 bits per heavy atom. The quantitative estimate of drug-likeness (QED) is 0.162. The van der Waals surface area contributed by atoms with E-state index < -0.39 is 0 Å². The summed E-state index contributed by atoms with van der Waals surface area (Å²) >= 11 is 0. The predicted octanol–water partition coefficient (Wildman–Crippen LogP) is 25.5. The molecule has 17 rings (SSSR count). The van der Waals surface area contributed by atoms with E-state index in [4.69, 9.17) is 0 Å². The smallest absolute Gasteiger partial charge is 0.0622 e. The van der Waals surface area contributed by atoms with Gasteiger partial charge in [-0.3, -0.25) is 0 Å². The maximum Gasteiger partial charge on any atom is 0.0725 e. The van der Waals surface area contributed by atoms with Crippen LogP contribution in [0, 0.1) is 69.2 Å². The maximum atomic E-state index is 2.40. The zero-order valence-corrected chi connectivity index (χ0v) is 59.8. The first-order valence-corrected chi connectivity index (χ1v) is 34.7. The van der Waals surface area contributed by atoms with Gasteiger partial charge in [-0.1, -0.05) is 371 Å². The molecule has 0 saturated carbocycles. The van der Waals surface area contributed by atoms with E-state index in [1.54, 1.807) is 0 Å². The molecule has 0 N–H and O–H groups in total. The molecule has 4 aliphatic carbocycles. The fourth-order valence-corrected chi connectivity index (χ4v) is 15.5. The normalized spacial score (nSPS) is 13.4. The van der Waals surface area contributed by atoms with Crippen LogP contribution in [0.5, 0.6) is 0 Å². The molecular weight excluding hydrogens is 1170 g/mol. The molecule has 4 aliphatic rings. The van der Waals surface area contributed by atoms with Gasteiger partial charge in [-0.05, 0) is 197 Å². The lowest BCUT2D eigenvalue weighted by molar-refractivity contribution is 0.590. The second-order valence-corrected chi connectivity index (χ2v) is 29.0. The molecule has 0 heteroatoms. The van der Waals surface area contributed by atoms with Crippen LogP contribution in [0.4, 0.5) is 0 Å². The minimum Gasteiger partial charge on any atom is -0.0622 e. The molecule has 0 unspecified atom stereocenters. The second kappa shape index (κ2) is 27.5. The molecule has 13 aromatic rings. The largest absolute Gasteiger partial charge is 0.0725 e. The molecule has 13 aromatic carbocycles. The lowest BCUT2D eigenvalue weighted by atomic mass is 9.67. The Bertz CT molecular complexity index is 4700. The van der Waals surface area contributed by atoms with Gasteiger partial charge >= 0.3 is 0 Å². The lowest BCUT2D eigenvalue weighted by Gasteiger charge is -2.34. The standard InChI is InChI=1S/C26H18.C26H20.C16H16.C11H16.C10H14.C8H10/c1-17-14-15-21-20-10-4-7-13-24(20)26(25(21)16-17)22-11-5-2-8-18(22)19-9-3-6-12-23(19)26;1-19-16-17-23-22-14-8-9-15-24(22)26(25(23)18-19,20-10-4-2-5-11-20)21-12-6-3-7-13-21;1-11-8-9-13-12-6-4-5-7-14(12)16(2,3)15(13)10-11;1-9-5-7-10(8-6-9)11(2,3)4;1-7-5-8(2)10(4)9(3)6-7;1-7-3-5-8(2)6-4-7/h2-16H,1H3;2-18H,1H3;4-10H,1-3H3;5-8H,1-4H3;5-6H,1-4H3;3-6H,1-2H3. The van der Waals surface area contributed by atoms with E-state index in [-0.39, 0.29) is 21.7 Å². The van der Waals surface area contributed by atoms with Crippen LogP contribution in [0.1, 0.15) is 151 Å². The molecule has 0 atom stereocenters. The van der Waals surface area contributed by atoms with Gasteiger partial charge in [0.05, 0.1) is 10.8 Å². The highest BCUT2D eigenvalue weighted by molar-refractivity contribution is 5.95. The van der Waals surface area contributed by atoms with Crippen LogP contribution in [0.25, 0.3) is 44.5 Å². The van der Waals surface area contributed by atoms with Crippen LogP contribution in [0.2, 0.25) is 0 Å². The fourth-order valence-electron chi connectivity index (χ4n) is 15.5. The van der Waals surface area contributed by atoms with E-state index >= 15 is 0 Å². The summed E-state index contributed by atoms with van der Waals surface area (Å²) in [5.74, 6) is 0. The minimum absolute atomic E-state index is 0.151. The van der Waals surface area contributed by atoms with Crippen molar-refractivity contribution in [2.24, 2.45) is 0 Å². The van der Waals surface area contributed by atoms with Gasteiger partial charge in [0.2, 0.25) is 0 Å². The summed E-state index contributed by atoms with van der Waals surface area (Å²) in [6.45, 7) is 32.8. The Kier molecular flexibility index (Phi) is 19.0. The van der Waals surface area contributed by atoms with Crippen molar-refractivity contribution in [3.63, 3.8) is 0 Å². The molecule has 1 spiro atoms. The van der Waals surface area contributed by atoms with Gasteiger partial charge in [0, 0.05) is 5.41 Å². The minimum atomic E-state index is -0.263. The summed E-state index contributed by atoms with van der Waals surface area (Å²) in [5, 5.41) is 0. The molecule has 0 saturated heterocycles. The summed E-state index contributed by atoms with van der Waals surface area (Å²) in [5.41, 5.74) is 39.9. The Morgan fingerprint density at radius 1 is 0.216 bits per heavy atom. The van der Waals surface area contributed by atoms with Gasteiger partial charge in [0.25, 0.3) is 0 Å². The van der Waals surface area contributed by atoms with Crippen molar-refractivity contribution in [3.05, 3.63) is 414 Å². The SMILES string of the molecule is Cc1cc(C)c(C)c(C)c1.Cc1ccc(C(C)(C)C)cc1.Cc1ccc(C)cc1.Cc1ccc2c(c1)C(C)(C)c1ccccc1-2.Cc1ccc2c(c1)C(c1ccccc1)(c1ccccc1)c1ccccc1-2.Cc1ccc2c(c1)C1(c3ccccc3-c3ccccc31)c1ccccc1-2. The molecular formula is C97H94. The number of fused-ring (bicyclic) bond motifs is 16. The first kappa shape index (κ1) is 66.9. The van der Waals surface area contributed by atoms with Crippen LogP contribution in [-0.4, -0.2) is 0 Å². The Morgan fingerprint density at radius 3 is 0.856 bits per heavy atom. The monoisotopic (exact) mass is 1260 g/mol. The molecule has 0 aliphatic heterocycles. The van der Waals surface area contributed by atoms with Crippen molar-refractivity contribution < 1.29 is 0 Å². The molecule has 97 heavy (non-hydrogen) atoms. The maximum absolute atomic E-state index is 2.40. The Labute approximate surface area is 580 Å². The average molecular weight is 1260 g/mol. The molecule has 0 nitrogen and oxygen atoms in total. The highest BCUT2D eigenvalue weighted by atomic mass is 14.5. The lowest BCUT2D eigenvalue weighted by Crippen LogP contribution is -2.28. The van der Waals surface area contributed by atoms with Gasteiger partial charge in [0.1, 0.15) is 0 Å². The van der Waals surface area contributed by atoms with Crippen LogP contribution in [0.15, 0.2) is 297 Å². The Hall–Kier alpha value is -10.1. The number of benzene rings is 13. The first-order valence-electron chi connectivity index (χ1n) is 34.7. The molecule has 0 heterocycles. The van der Waals surface area contributed by atoms with E-state index in [2.05, 4.69) is 401 Å². The summed E-state index contributed by atoms with van der Waals surface area (Å²) in [6, 6.07) is 109. The van der Waals surface area contributed by atoms with E-state index in [9.17, 15) is 0 Å². The van der Waals surface area contributed by atoms with Crippen LogP contribution >= 0.6 is 0 Å². The van der Waals surface area contributed by atoms with Crippen molar-refractivity contribution >= 4 is 0 Å². The van der Waals surface area contributed by atoms with E-state index in [0.29, 0.717) is 0 Å². The fraction of sp³-hybridized carbons (Fsp3) is 0.196. The van der Waals surface area contributed by atoms with Crippen LogP contribution in [0.3, 0.4) is 0 Å². The van der Waals surface area contributed by atoms with E-state index in [1.807, 2.05) is 0 Å². The van der Waals surface area contributed by atoms with Crippen molar-refractivity contribution in [2.75, 3.05) is 0 Å². The van der Waals surface area contributed by atoms with Gasteiger partial charge in [-0.15, -0.1) is 0 Å². The molecule has 482 valence electrons. The predicted molar refractivity (Wildman–Crippen MR) is 416 cm³/mol. The number of hydrogen-bond donors (Lipinski definition) is 0. The third kappa shape index (κ3) is 12.7. The zero-order valence-electron chi connectivity index (χ0n) is 59.8. The topological polar surface area (TPSA) is 0 Å². The summed E-state index contributed by atoms with van der Waals surface area (Å²) in [4.78, 5) is 0. The molecule has 0 radical (unpaired) electrons. The number of hydrogen-bond acceptors (Lipinski definition) is 0. The number of rotatable bonds is 2. The van der Waals surface area contributed by atoms with Gasteiger partial charge in [0.15, 0.2) is 0 Å². The van der Waals surface area contributed by atoms with E-state index in [0.717, 1.165) is 0 Å². The summed E-state index contributed by atoms with van der Waals surface area (Å²) in [6.07, 6.45) is 0. The third-order valence-electron chi connectivity index (χ3n) is 20.7. The van der Waals surface area contributed by atoms with Crippen molar-refractivity contribution in [1.29, 1.82) is 0 Å². The molecule has 0 aromatic heterocycles. The highest BCUT2D eigenvalue weighted by Gasteiger charge is 2.51. The molecule has 0 bridgehead atoms.